The van der Waals surface area contributed by atoms with Crippen LogP contribution in [0.4, 0.5) is 13.2 Å². The lowest BCUT2D eigenvalue weighted by molar-refractivity contribution is 0.309. The summed E-state index contributed by atoms with van der Waals surface area (Å²) in [6.45, 7) is 0. The van der Waals surface area contributed by atoms with E-state index in [2.05, 4.69) is 4.98 Å². The van der Waals surface area contributed by atoms with Crippen LogP contribution in [-0.4, -0.2) is 20.2 Å². The zero-order chi connectivity index (χ0) is 20.0. The highest BCUT2D eigenvalue weighted by Crippen LogP contribution is 2.26. The smallest absolute Gasteiger partial charge is 0.328 e. The van der Waals surface area contributed by atoms with Gasteiger partial charge in [-0.2, -0.15) is 0 Å². The van der Waals surface area contributed by atoms with Crippen molar-refractivity contribution in [2.45, 2.75) is 37.8 Å². The summed E-state index contributed by atoms with van der Waals surface area (Å²) in [7, 11) is 0. The molecule has 0 aliphatic heterocycles. The van der Waals surface area contributed by atoms with Gasteiger partial charge >= 0.3 is 5.69 Å². The fourth-order valence-electron chi connectivity index (χ4n) is 3.72. The van der Waals surface area contributed by atoms with Gasteiger partial charge in [0.1, 0.15) is 5.82 Å². The number of halogens is 3. The Labute approximate surface area is 157 Å². The summed E-state index contributed by atoms with van der Waals surface area (Å²) >= 11 is 0. The Morgan fingerprint density at radius 1 is 1.00 bits per heavy atom. The molecular formula is C19H17F3N4O2. The molecule has 0 atom stereocenters. The summed E-state index contributed by atoms with van der Waals surface area (Å²) in [4.78, 5) is 30.0. The van der Waals surface area contributed by atoms with Gasteiger partial charge in [-0.05, 0) is 43.9 Å². The number of nitrogens with two attached hydrogens (primary N) is 1. The molecule has 0 spiro atoms. The van der Waals surface area contributed by atoms with Crippen LogP contribution in [0, 0.1) is 17.5 Å². The lowest BCUT2D eigenvalue weighted by atomic mass is 9.91. The zero-order valence-electron chi connectivity index (χ0n) is 14.7. The molecule has 0 bridgehead atoms. The van der Waals surface area contributed by atoms with Crippen LogP contribution in [0.3, 0.4) is 0 Å². The van der Waals surface area contributed by atoms with Crippen molar-refractivity contribution < 1.29 is 13.2 Å². The third-order valence-electron chi connectivity index (χ3n) is 5.16. The molecule has 9 heteroatoms. The highest BCUT2D eigenvalue weighted by molar-refractivity contribution is 5.75. The zero-order valence-corrected chi connectivity index (χ0v) is 14.7. The molecule has 2 N–H and O–H groups in total. The molecule has 0 unspecified atom stereocenters. The molecule has 2 heterocycles. The molecule has 0 amide bonds. The van der Waals surface area contributed by atoms with Gasteiger partial charge in [-0.15, -0.1) is 0 Å². The SMILES string of the molecule is NC1CCC(n2c(=O)c3cc(F)cnc3n(-c3ccc(F)c(F)c3)c2=O)CC1. The van der Waals surface area contributed by atoms with Crippen molar-refractivity contribution in [1.29, 1.82) is 0 Å². The van der Waals surface area contributed by atoms with Crippen molar-refractivity contribution in [2.75, 3.05) is 0 Å². The summed E-state index contributed by atoms with van der Waals surface area (Å²) in [6, 6.07) is 3.50. The molecule has 1 aliphatic rings. The molecule has 1 aliphatic carbocycles. The van der Waals surface area contributed by atoms with Crippen LogP contribution >= 0.6 is 0 Å². The van der Waals surface area contributed by atoms with E-state index in [9.17, 15) is 22.8 Å². The van der Waals surface area contributed by atoms with Gasteiger partial charge in [0.2, 0.25) is 0 Å². The van der Waals surface area contributed by atoms with Crippen molar-refractivity contribution >= 4 is 11.0 Å². The molecule has 1 fully saturated rings. The van der Waals surface area contributed by atoms with Gasteiger partial charge in [0.25, 0.3) is 5.56 Å². The highest BCUT2D eigenvalue weighted by atomic mass is 19.2. The van der Waals surface area contributed by atoms with Crippen molar-refractivity contribution in [3.63, 3.8) is 0 Å². The van der Waals surface area contributed by atoms with Crippen LogP contribution in [0.25, 0.3) is 16.7 Å². The average molecular weight is 390 g/mol. The van der Waals surface area contributed by atoms with Crippen LogP contribution in [-0.2, 0) is 0 Å². The number of hydrogen-bond acceptors (Lipinski definition) is 4. The summed E-state index contributed by atoms with van der Waals surface area (Å²) < 4.78 is 43.0. The second-order valence-electron chi connectivity index (χ2n) is 6.98. The first-order valence-electron chi connectivity index (χ1n) is 8.90. The van der Waals surface area contributed by atoms with E-state index >= 15 is 0 Å². The van der Waals surface area contributed by atoms with Gasteiger partial charge in [-0.3, -0.25) is 9.36 Å². The minimum Gasteiger partial charge on any atom is -0.328 e. The number of hydrogen-bond donors (Lipinski definition) is 1. The van der Waals surface area contributed by atoms with Gasteiger partial charge in [0.15, 0.2) is 17.3 Å². The van der Waals surface area contributed by atoms with E-state index in [4.69, 9.17) is 5.73 Å². The first kappa shape index (κ1) is 18.4. The lowest BCUT2D eigenvalue weighted by Gasteiger charge is -2.27. The van der Waals surface area contributed by atoms with Crippen LogP contribution in [0.15, 0.2) is 40.1 Å². The minimum atomic E-state index is -1.15. The molecular weight excluding hydrogens is 373 g/mol. The molecule has 0 saturated heterocycles. The van der Waals surface area contributed by atoms with Gasteiger partial charge in [-0.1, -0.05) is 0 Å². The van der Waals surface area contributed by atoms with Crippen molar-refractivity contribution in [3.05, 3.63) is 68.8 Å². The number of nitrogens with zero attached hydrogens (tertiary/aromatic N) is 3. The largest absolute Gasteiger partial charge is 0.337 e. The molecule has 6 nitrogen and oxygen atoms in total. The van der Waals surface area contributed by atoms with Crippen LogP contribution < -0.4 is 17.0 Å². The maximum absolute atomic E-state index is 13.8. The fourth-order valence-corrected chi connectivity index (χ4v) is 3.72. The van der Waals surface area contributed by atoms with Gasteiger partial charge in [0, 0.05) is 18.2 Å². The normalized spacial score (nSPS) is 19.9. The molecule has 2 aromatic heterocycles. The molecule has 0 radical (unpaired) electrons. The van der Waals surface area contributed by atoms with E-state index in [1.807, 2.05) is 0 Å². The summed E-state index contributed by atoms with van der Waals surface area (Å²) in [6.07, 6.45) is 3.18. The summed E-state index contributed by atoms with van der Waals surface area (Å²) in [5.74, 6) is -2.96. The Morgan fingerprint density at radius 2 is 1.71 bits per heavy atom. The Kier molecular flexibility index (Phi) is 4.54. The summed E-state index contributed by atoms with van der Waals surface area (Å²) in [5.41, 5.74) is 4.39. The fraction of sp³-hybridized carbons (Fsp3) is 0.316. The molecule has 4 rings (SSSR count). The van der Waals surface area contributed by atoms with Gasteiger partial charge in [0.05, 0.1) is 17.3 Å². The average Bonchev–Trinajstić information content (AvgIpc) is 2.67. The van der Waals surface area contributed by atoms with Crippen molar-refractivity contribution in [3.8, 4) is 5.69 Å². The van der Waals surface area contributed by atoms with Gasteiger partial charge < -0.3 is 5.73 Å². The maximum Gasteiger partial charge on any atom is 0.337 e. The van der Waals surface area contributed by atoms with Crippen LogP contribution in [0.1, 0.15) is 31.7 Å². The monoisotopic (exact) mass is 390 g/mol. The first-order chi connectivity index (χ1) is 13.4. The number of rotatable bonds is 2. The first-order valence-corrected chi connectivity index (χ1v) is 8.90. The van der Waals surface area contributed by atoms with Crippen molar-refractivity contribution in [2.24, 2.45) is 5.73 Å². The number of aromatic nitrogens is 3. The summed E-state index contributed by atoms with van der Waals surface area (Å²) in [5, 5.41) is -0.112. The highest BCUT2D eigenvalue weighted by Gasteiger charge is 2.26. The number of pyridine rings is 1. The topological polar surface area (TPSA) is 82.9 Å². The second kappa shape index (κ2) is 6.90. The molecule has 28 heavy (non-hydrogen) atoms. The second-order valence-corrected chi connectivity index (χ2v) is 6.98. The Balaban J connectivity index is 2.04. The van der Waals surface area contributed by atoms with Gasteiger partial charge in [-0.25, -0.2) is 27.5 Å². The van der Waals surface area contributed by atoms with Crippen molar-refractivity contribution in [1.82, 2.24) is 14.1 Å². The van der Waals surface area contributed by atoms with E-state index in [-0.39, 0.29) is 22.8 Å². The predicted octanol–water partition coefficient (Wildman–Crippen LogP) is 2.41. The van der Waals surface area contributed by atoms with E-state index in [1.165, 1.54) is 6.07 Å². The van der Waals surface area contributed by atoms with E-state index in [0.29, 0.717) is 25.7 Å². The third kappa shape index (κ3) is 3.01. The lowest BCUT2D eigenvalue weighted by Crippen LogP contribution is -2.44. The predicted molar refractivity (Wildman–Crippen MR) is 97.0 cm³/mol. The molecule has 1 saturated carbocycles. The van der Waals surface area contributed by atoms with E-state index in [1.54, 1.807) is 0 Å². The molecule has 3 aromatic rings. The van der Waals surface area contributed by atoms with Crippen LogP contribution in [0.2, 0.25) is 0 Å². The van der Waals surface area contributed by atoms with E-state index < -0.39 is 34.7 Å². The quantitative estimate of drug-likeness (QED) is 0.729. The molecule has 146 valence electrons. The van der Waals surface area contributed by atoms with E-state index in [0.717, 1.165) is 33.5 Å². The Hall–Kier alpha value is -2.94. The maximum atomic E-state index is 13.8. The number of fused-ring (bicyclic) bond motifs is 1. The third-order valence-corrected chi connectivity index (χ3v) is 5.16. The molecule has 1 aromatic carbocycles. The Bertz CT molecular complexity index is 1180. The Morgan fingerprint density at radius 3 is 2.39 bits per heavy atom. The minimum absolute atomic E-state index is 0.0000560. The number of benzene rings is 1. The van der Waals surface area contributed by atoms with Crippen LogP contribution in [0.5, 0.6) is 0 Å². The standard InChI is InChI=1S/C19H17F3N4O2/c20-10-7-14-17(24-9-10)25(13-5-6-15(21)16(22)8-13)19(28)26(18(14)27)12-3-1-11(23)2-4-12/h5-9,11-12H,1-4,23H2.